The summed E-state index contributed by atoms with van der Waals surface area (Å²) < 4.78 is 5.65. The number of carbonyl (C=O) groups is 2. The third-order valence-electron chi connectivity index (χ3n) is 7.22. The van der Waals surface area contributed by atoms with Gasteiger partial charge in [-0.05, 0) is 76.6 Å². The molecule has 0 spiro atoms. The van der Waals surface area contributed by atoms with E-state index in [0.717, 1.165) is 22.4 Å². The molecule has 0 aliphatic carbocycles. The van der Waals surface area contributed by atoms with Gasteiger partial charge < -0.3 is 4.74 Å². The minimum Gasteiger partial charge on any atom is -0.494 e. The Morgan fingerprint density at radius 3 is 1.50 bits per heavy atom. The predicted molar refractivity (Wildman–Crippen MR) is 151 cm³/mol. The van der Waals surface area contributed by atoms with Crippen molar-refractivity contribution in [3.8, 4) is 5.75 Å². The average Bonchev–Trinajstić information content (AvgIpc) is 3.36. The van der Waals surface area contributed by atoms with Gasteiger partial charge in [0.25, 0.3) is 11.8 Å². The highest BCUT2D eigenvalue weighted by Crippen LogP contribution is 2.43. The number of hydrazone groups is 2. The summed E-state index contributed by atoms with van der Waals surface area (Å²) >= 11 is 0. The van der Waals surface area contributed by atoms with Crippen LogP contribution in [0.5, 0.6) is 5.75 Å². The SMILES string of the molecule is CCOc1ccc(C(C2C(=O)N(c3ccc(C)cc3)N=C2C)C2C(=O)N(c3ccc(C)cc3)N=C2C)cc1. The van der Waals surface area contributed by atoms with E-state index in [4.69, 9.17) is 4.74 Å². The highest BCUT2D eigenvalue weighted by atomic mass is 16.5. The number of amides is 2. The zero-order valence-electron chi connectivity index (χ0n) is 22.4. The predicted octanol–water partition coefficient (Wildman–Crippen LogP) is 5.86. The Balaban J connectivity index is 1.55. The van der Waals surface area contributed by atoms with Crippen LogP contribution in [-0.2, 0) is 9.59 Å². The highest BCUT2D eigenvalue weighted by Gasteiger charge is 2.50. The van der Waals surface area contributed by atoms with Gasteiger partial charge in [0.15, 0.2) is 0 Å². The van der Waals surface area contributed by atoms with E-state index in [1.54, 1.807) is 0 Å². The first-order chi connectivity index (χ1) is 18.3. The van der Waals surface area contributed by atoms with Crippen molar-refractivity contribution in [1.29, 1.82) is 0 Å². The van der Waals surface area contributed by atoms with Gasteiger partial charge in [-0.3, -0.25) is 9.59 Å². The normalized spacial score (nSPS) is 20.0. The lowest BCUT2D eigenvalue weighted by Gasteiger charge is -2.29. The van der Waals surface area contributed by atoms with Crippen molar-refractivity contribution < 1.29 is 14.3 Å². The van der Waals surface area contributed by atoms with Crippen molar-refractivity contribution >= 4 is 34.6 Å². The molecule has 0 saturated carbocycles. The summed E-state index contributed by atoms with van der Waals surface area (Å²) in [7, 11) is 0. The van der Waals surface area contributed by atoms with E-state index in [9.17, 15) is 9.59 Å². The molecule has 2 aliphatic heterocycles. The quantitative estimate of drug-likeness (QED) is 0.401. The molecule has 5 rings (SSSR count). The van der Waals surface area contributed by atoms with Crippen LogP contribution in [0.25, 0.3) is 0 Å². The maximum absolute atomic E-state index is 14.0. The molecular weight excluding hydrogens is 476 g/mol. The third kappa shape index (κ3) is 4.60. The fraction of sp³-hybridized carbons (Fsp3) is 0.290. The fourth-order valence-corrected chi connectivity index (χ4v) is 5.26. The molecule has 38 heavy (non-hydrogen) atoms. The number of hydrogen-bond donors (Lipinski definition) is 0. The lowest BCUT2D eigenvalue weighted by atomic mass is 9.73. The van der Waals surface area contributed by atoms with Gasteiger partial charge in [-0.2, -0.15) is 10.2 Å². The molecular formula is C31H32N4O3. The van der Waals surface area contributed by atoms with Gasteiger partial charge in [-0.1, -0.05) is 47.5 Å². The van der Waals surface area contributed by atoms with Crippen LogP contribution < -0.4 is 14.8 Å². The number of carbonyl (C=O) groups excluding carboxylic acids is 2. The molecule has 7 heteroatoms. The van der Waals surface area contributed by atoms with Crippen LogP contribution in [0, 0.1) is 25.7 Å². The van der Waals surface area contributed by atoms with E-state index in [1.165, 1.54) is 10.0 Å². The summed E-state index contributed by atoms with van der Waals surface area (Å²) in [4.78, 5) is 27.9. The van der Waals surface area contributed by atoms with Crippen molar-refractivity contribution in [3.05, 3.63) is 89.5 Å². The number of ether oxygens (including phenoxy) is 1. The molecule has 0 bridgehead atoms. The zero-order chi connectivity index (χ0) is 27.0. The van der Waals surface area contributed by atoms with E-state index < -0.39 is 17.8 Å². The first-order valence-corrected chi connectivity index (χ1v) is 12.9. The summed E-state index contributed by atoms with van der Waals surface area (Å²) in [5.74, 6) is -1.29. The van der Waals surface area contributed by atoms with Crippen LogP contribution in [0.3, 0.4) is 0 Å². The molecule has 2 unspecified atom stereocenters. The number of aryl methyl sites for hydroxylation is 2. The van der Waals surface area contributed by atoms with E-state index >= 15 is 0 Å². The number of rotatable bonds is 7. The minimum absolute atomic E-state index is 0.153. The van der Waals surface area contributed by atoms with Crippen LogP contribution in [0.4, 0.5) is 11.4 Å². The number of benzene rings is 3. The van der Waals surface area contributed by atoms with Gasteiger partial charge in [0.05, 0.1) is 29.8 Å². The van der Waals surface area contributed by atoms with Crippen LogP contribution in [0.2, 0.25) is 0 Å². The maximum atomic E-state index is 14.0. The molecule has 0 N–H and O–H groups in total. The standard InChI is InChI=1S/C31H32N4O3/c1-6-38-26-17-11-23(12-18-26)29(27-21(4)32-34(30(27)36)24-13-7-19(2)8-14-24)28-22(5)33-35(31(28)37)25-15-9-20(3)10-16-25/h7-18,27-29H,6H2,1-5H3. The Bertz CT molecular complexity index is 1320. The van der Waals surface area contributed by atoms with Gasteiger partial charge in [0.2, 0.25) is 0 Å². The maximum Gasteiger partial charge on any atom is 0.256 e. The third-order valence-corrected chi connectivity index (χ3v) is 7.22. The zero-order valence-corrected chi connectivity index (χ0v) is 22.4. The topological polar surface area (TPSA) is 74.6 Å². The lowest BCUT2D eigenvalue weighted by Crippen LogP contribution is -2.40. The van der Waals surface area contributed by atoms with Crippen LogP contribution in [0.15, 0.2) is 83.0 Å². The molecule has 194 valence electrons. The monoisotopic (exact) mass is 508 g/mol. The van der Waals surface area contributed by atoms with E-state index in [0.29, 0.717) is 29.4 Å². The molecule has 3 aromatic rings. The summed E-state index contributed by atoms with van der Waals surface area (Å²) in [5.41, 5.74) is 5.82. The molecule has 2 amide bonds. The van der Waals surface area contributed by atoms with Crippen molar-refractivity contribution in [2.75, 3.05) is 16.6 Å². The Hall–Kier alpha value is -4.26. The van der Waals surface area contributed by atoms with Crippen molar-refractivity contribution in [3.63, 3.8) is 0 Å². The Kier molecular flexibility index (Phi) is 6.85. The molecule has 3 aromatic carbocycles. The van der Waals surface area contributed by atoms with Crippen LogP contribution >= 0.6 is 0 Å². The molecule has 2 atom stereocenters. The first-order valence-electron chi connectivity index (χ1n) is 12.9. The number of anilines is 2. The van der Waals surface area contributed by atoms with Crippen LogP contribution in [0.1, 0.15) is 43.4 Å². The molecule has 0 aromatic heterocycles. The molecule has 7 nitrogen and oxygen atoms in total. The van der Waals surface area contributed by atoms with Crippen molar-refractivity contribution in [1.82, 2.24) is 0 Å². The van der Waals surface area contributed by atoms with Gasteiger partial charge in [0, 0.05) is 17.3 Å². The summed E-state index contributed by atoms with van der Waals surface area (Å²) in [5, 5.41) is 12.3. The van der Waals surface area contributed by atoms with Gasteiger partial charge in [-0.15, -0.1) is 0 Å². The fourth-order valence-electron chi connectivity index (χ4n) is 5.26. The minimum atomic E-state index is -0.619. The molecule has 2 aliphatic rings. The number of nitrogens with zero attached hydrogens (tertiary/aromatic N) is 4. The first kappa shape index (κ1) is 25.4. The van der Waals surface area contributed by atoms with Gasteiger partial charge in [0.1, 0.15) is 5.75 Å². The highest BCUT2D eigenvalue weighted by molar-refractivity contribution is 6.19. The summed E-state index contributed by atoms with van der Waals surface area (Å²) in [6.07, 6.45) is 0. The van der Waals surface area contributed by atoms with E-state index in [1.807, 2.05) is 107 Å². The Morgan fingerprint density at radius 2 is 1.11 bits per heavy atom. The Labute approximate surface area is 223 Å². The molecule has 2 heterocycles. The molecule has 0 fully saturated rings. The largest absolute Gasteiger partial charge is 0.494 e. The molecule has 0 saturated heterocycles. The van der Waals surface area contributed by atoms with E-state index in [-0.39, 0.29) is 11.8 Å². The molecule has 0 radical (unpaired) electrons. The summed E-state index contributed by atoms with van der Waals surface area (Å²) in [6.45, 7) is 10.2. The second kappa shape index (κ2) is 10.2. The van der Waals surface area contributed by atoms with Gasteiger partial charge in [-0.25, -0.2) is 10.0 Å². The second-order valence-electron chi connectivity index (χ2n) is 9.94. The van der Waals surface area contributed by atoms with Crippen molar-refractivity contribution in [2.24, 2.45) is 22.0 Å². The number of hydrogen-bond acceptors (Lipinski definition) is 5. The summed E-state index contributed by atoms with van der Waals surface area (Å²) in [6, 6.07) is 23.1. The Morgan fingerprint density at radius 1 is 0.684 bits per heavy atom. The van der Waals surface area contributed by atoms with Crippen LogP contribution in [-0.4, -0.2) is 29.8 Å². The van der Waals surface area contributed by atoms with Gasteiger partial charge >= 0.3 is 0 Å². The average molecular weight is 509 g/mol. The lowest BCUT2D eigenvalue weighted by molar-refractivity contribution is -0.122. The second-order valence-corrected chi connectivity index (χ2v) is 9.94. The smallest absolute Gasteiger partial charge is 0.256 e. The van der Waals surface area contributed by atoms with Crippen molar-refractivity contribution in [2.45, 2.75) is 40.5 Å². The van der Waals surface area contributed by atoms with E-state index in [2.05, 4.69) is 10.2 Å².